The Kier molecular flexibility index (Phi) is 8.00. The first-order valence-electron chi connectivity index (χ1n) is 10.5. The second-order valence-corrected chi connectivity index (χ2v) is 8.31. The molecule has 0 aliphatic carbocycles. The Labute approximate surface area is 186 Å². The Morgan fingerprint density at radius 2 is 1.91 bits per heavy atom. The Hall–Kier alpha value is -2.75. The van der Waals surface area contributed by atoms with Crippen molar-refractivity contribution in [3.8, 4) is 5.75 Å². The van der Waals surface area contributed by atoms with E-state index in [2.05, 4.69) is 21.6 Å². The van der Waals surface area contributed by atoms with Crippen LogP contribution in [0.2, 0.25) is 0 Å². The van der Waals surface area contributed by atoms with Crippen molar-refractivity contribution in [2.24, 2.45) is 0 Å². The van der Waals surface area contributed by atoms with E-state index >= 15 is 0 Å². The van der Waals surface area contributed by atoms with Gasteiger partial charge in [0.15, 0.2) is 0 Å². The number of aliphatic hydroxyl groups is 1. The fourth-order valence-electron chi connectivity index (χ4n) is 3.95. The Bertz CT molecular complexity index is 921. The van der Waals surface area contributed by atoms with E-state index in [4.69, 9.17) is 9.84 Å². The second-order valence-electron chi connectivity index (χ2n) is 8.31. The zero-order chi connectivity index (χ0) is 23.3. The SMILES string of the molecule is CN(C)Cc1ccc2c(c1)C(NC[C@H](O)[C@H](Cc1cc(F)cc(F)c1)NC(=O)O)CCO2. The summed E-state index contributed by atoms with van der Waals surface area (Å²) >= 11 is 0. The second kappa shape index (κ2) is 10.7. The lowest BCUT2D eigenvalue weighted by Gasteiger charge is -2.30. The van der Waals surface area contributed by atoms with Gasteiger partial charge < -0.3 is 30.5 Å². The molecule has 9 heteroatoms. The predicted octanol–water partition coefficient (Wildman–Crippen LogP) is 2.68. The van der Waals surface area contributed by atoms with Gasteiger partial charge in [0.1, 0.15) is 17.4 Å². The summed E-state index contributed by atoms with van der Waals surface area (Å²) in [6, 6.07) is 8.00. The lowest BCUT2D eigenvalue weighted by molar-refractivity contribution is 0.112. The molecule has 0 radical (unpaired) electrons. The quantitative estimate of drug-likeness (QED) is 0.470. The third-order valence-electron chi connectivity index (χ3n) is 5.34. The van der Waals surface area contributed by atoms with Gasteiger partial charge in [-0.2, -0.15) is 0 Å². The van der Waals surface area contributed by atoms with E-state index in [1.807, 2.05) is 26.2 Å². The molecule has 0 fully saturated rings. The minimum atomic E-state index is -1.32. The van der Waals surface area contributed by atoms with Crippen LogP contribution in [0.5, 0.6) is 5.75 Å². The molecule has 0 spiro atoms. The standard InChI is InChI=1S/C23H29F2N3O4/c1-28(2)13-14-3-4-22-18(9-14)19(5-6-32-22)26-12-21(29)20(27-23(30)31)10-15-7-16(24)11-17(25)8-15/h3-4,7-9,11,19-21,26-27,29H,5-6,10,12-13H2,1-2H3,(H,30,31)/t19?,20-,21-/m0/s1. The number of hydrogen-bond acceptors (Lipinski definition) is 5. The number of amides is 1. The number of carboxylic acid groups (broad SMARTS) is 1. The van der Waals surface area contributed by atoms with Gasteiger partial charge in [0.05, 0.1) is 18.8 Å². The van der Waals surface area contributed by atoms with E-state index in [1.165, 1.54) is 0 Å². The van der Waals surface area contributed by atoms with Crippen LogP contribution in [0.3, 0.4) is 0 Å². The van der Waals surface area contributed by atoms with Gasteiger partial charge in [-0.15, -0.1) is 0 Å². The topological polar surface area (TPSA) is 94.1 Å². The van der Waals surface area contributed by atoms with E-state index in [-0.39, 0.29) is 24.6 Å². The minimum absolute atomic E-state index is 0.0544. The number of aliphatic hydroxyl groups excluding tert-OH is 1. The molecule has 1 amide bonds. The molecule has 174 valence electrons. The molecular weight excluding hydrogens is 420 g/mol. The van der Waals surface area contributed by atoms with E-state index < -0.39 is 29.9 Å². The van der Waals surface area contributed by atoms with Gasteiger partial charge >= 0.3 is 6.09 Å². The first-order chi connectivity index (χ1) is 15.2. The Morgan fingerprint density at radius 1 is 1.19 bits per heavy atom. The maximum Gasteiger partial charge on any atom is 0.404 e. The van der Waals surface area contributed by atoms with Crippen LogP contribution in [0, 0.1) is 11.6 Å². The van der Waals surface area contributed by atoms with Gasteiger partial charge in [-0.25, -0.2) is 13.6 Å². The van der Waals surface area contributed by atoms with Crippen LogP contribution in [0.15, 0.2) is 36.4 Å². The van der Waals surface area contributed by atoms with Crippen molar-refractivity contribution in [1.82, 2.24) is 15.5 Å². The highest BCUT2D eigenvalue weighted by Crippen LogP contribution is 2.33. The summed E-state index contributed by atoms with van der Waals surface area (Å²) in [6.07, 6.45) is -1.80. The van der Waals surface area contributed by atoms with Gasteiger partial charge in [-0.3, -0.25) is 0 Å². The zero-order valence-electron chi connectivity index (χ0n) is 18.1. The van der Waals surface area contributed by atoms with Crippen molar-refractivity contribution < 1.29 is 28.5 Å². The predicted molar refractivity (Wildman–Crippen MR) is 116 cm³/mol. The fourth-order valence-corrected chi connectivity index (χ4v) is 3.95. The summed E-state index contributed by atoms with van der Waals surface area (Å²) in [5.74, 6) is -0.732. The van der Waals surface area contributed by atoms with Gasteiger partial charge in [-0.1, -0.05) is 6.07 Å². The summed E-state index contributed by atoms with van der Waals surface area (Å²) < 4.78 is 32.8. The highest BCUT2D eigenvalue weighted by molar-refractivity contribution is 5.65. The summed E-state index contributed by atoms with van der Waals surface area (Å²) in [4.78, 5) is 13.3. The average molecular weight is 449 g/mol. The first kappa shape index (κ1) is 23.9. The van der Waals surface area contributed by atoms with Crippen molar-refractivity contribution >= 4 is 6.09 Å². The van der Waals surface area contributed by atoms with E-state index in [9.17, 15) is 18.7 Å². The maximum atomic E-state index is 13.5. The van der Waals surface area contributed by atoms with Crippen LogP contribution in [0.25, 0.3) is 0 Å². The number of nitrogens with one attached hydrogen (secondary N) is 2. The van der Waals surface area contributed by atoms with Crippen molar-refractivity contribution in [2.75, 3.05) is 27.2 Å². The molecule has 1 heterocycles. The fraction of sp³-hybridized carbons (Fsp3) is 0.435. The average Bonchev–Trinajstić information content (AvgIpc) is 2.70. The zero-order valence-corrected chi connectivity index (χ0v) is 18.1. The number of fused-ring (bicyclic) bond motifs is 1. The molecule has 0 saturated carbocycles. The number of benzene rings is 2. The molecule has 32 heavy (non-hydrogen) atoms. The van der Waals surface area contributed by atoms with Gasteiger partial charge in [-0.05, 0) is 55.9 Å². The lowest BCUT2D eigenvalue weighted by atomic mass is 9.96. The first-order valence-corrected chi connectivity index (χ1v) is 10.5. The molecule has 4 N–H and O–H groups in total. The normalized spacial score (nSPS) is 17.4. The van der Waals surface area contributed by atoms with Crippen molar-refractivity contribution in [2.45, 2.75) is 37.6 Å². The third kappa shape index (κ3) is 6.62. The van der Waals surface area contributed by atoms with Crippen molar-refractivity contribution in [1.29, 1.82) is 0 Å². The highest BCUT2D eigenvalue weighted by Gasteiger charge is 2.26. The number of ether oxygens (including phenoxy) is 1. The minimum Gasteiger partial charge on any atom is -0.493 e. The highest BCUT2D eigenvalue weighted by atomic mass is 19.1. The molecule has 1 aliphatic rings. The molecule has 0 aromatic heterocycles. The maximum absolute atomic E-state index is 13.5. The molecule has 0 bridgehead atoms. The van der Waals surface area contributed by atoms with E-state index in [0.29, 0.717) is 13.0 Å². The monoisotopic (exact) mass is 449 g/mol. The molecule has 1 unspecified atom stereocenters. The number of nitrogens with zero attached hydrogens (tertiary/aromatic N) is 1. The van der Waals surface area contributed by atoms with Gasteiger partial charge in [0, 0.05) is 37.2 Å². The molecule has 1 aliphatic heterocycles. The van der Waals surface area contributed by atoms with Crippen LogP contribution >= 0.6 is 0 Å². The molecule has 2 aromatic carbocycles. The smallest absolute Gasteiger partial charge is 0.404 e. The van der Waals surface area contributed by atoms with E-state index in [1.54, 1.807) is 0 Å². The summed E-state index contributed by atoms with van der Waals surface area (Å²) in [6.45, 7) is 1.38. The van der Waals surface area contributed by atoms with Crippen LogP contribution < -0.4 is 15.4 Å². The molecule has 3 rings (SSSR count). The lowest BCUT2D eigenvalue weighted by Crippen LogP contribution is -2.49. The van der Waals surface area contributed by atoms with Gasteiger partial charge in [0.25, 0.3) is 0 Å². The van der Waals surface area contributed by atoms with Crippen LogP contribution in [0.4, 0.5) is 13.6 Å². The number of rotatable bonds is 9. The van der Waals surface area contributed by atoms with Gasteiger partial charge in [0.2, 0.25) is 0 Å². The Morgan fingerprint density at radius 3 is 2.56 bits per heavy atom. The number of halogens is 2. The van der Waals surface area contributed by atoms with Crippen molar-refractivity contribution in [3.05, 3.63) is 64.7 Å². The molecule has 0 saturated heterocycles. The molecule has 2 aromatic rings. The number of carbonyl (C=O) groups is 1. The van der Waals surface area contributed by atoms with E-state index in [0.717, 1.165) is 41.6 Å². The molecule has 3 atom stereocenters. The largest absolute Gasteiger partial charge is 0.493 e. The van der Waals surface area contributed by atoms with Crippen LogP contribution in [-0.4, -0.2) is 60.6 Å². The summed E-state index contributed by atoms with van der Waals surface area (Å²) in [5.41, 5.74) is 2.37. The summed E-state index contributed by atoms with van der Waals surface area (Å²) in [7, 11) is 3.98. The summed E-state index contributed by atoms with van der Waals surface area (Å²) in [5, 5.41) is 25.4. The van der Waals surface area contributed by atoms with Crippen LogP contribution in [0.1, 0.15) is 29.2 Å². The number of hydrogen-bond donors (Lipinski definition) is 4. The van der Waals surface area contributed by atoms with Crippen LogP contribution in [-0.2, 0) is 13.0 Å². The Balaban J connectivity index is 1.69. The molecular formula is C23H29F2N3O4. The molecule has 7 nitrogen and oxygen atoms in total. The third-order valence-corrected chi connectivity index (χ3v) is 5.34. The van der Waals surface area contributed by atoms with Crippen molar-refractivity contribution in [3.63, 3.8) is 0 Å².